The first kappa shape index (κ1) is 16.5. The molecular weight excluding hydrogens is 340 g/mol. The summed E-state index contributed by atoms with van der Waals surface area (Å²) in [5.41, 5.74) is 4.20. The second kappa shape index (κ2) is 7.42. The molecule has 1 aromatic heterocycles. The number of nitrogens with one attached hydrogen (secondary N) is 3. The minimum absolute atomic E-state index is 0.133. The quantitative estimate of drug-likeness (QED) is 0.440. The molecule has 2 amide bonds. The Morgan fingerprint density at radius 2 is 1.83 bits per heavy atom. The smallest absolute Gasteiger partial charge is 0.282 e. The third kappa shape index (κ3) is 4.31. The summed E-state index contributed by atoms with van der Waals surface area (Å²) in [5, 5.41) is 14.7. The molecule has 0 unspecified atom stereocenters. The van der Waals surface area contributed by atoms with Crippen LogP contribution in [0.15, 0.2) is 41.8 Å². The second-order valence-electron chi connectivity index (χ2n) is 4.11. The molecule has 0 saturated heterocycles. The summed E-state index contributed by atoms with van der Waals surface area (Å²) in [6.45, 7) is 0. The fraction of sp³-hybridized carbons (Fsp3) is 0. The van der Waals surface area contributed by atoms with Gasteiger partial charge in [0.15, 0.2) is 5.11 Å². The van der Waals surface area contributed by atoms with Gasteiger partial charge >= 0.3 is 0 Å². The minimum atomic E-state index is -0.750. The lowest BCUT2D eigenvalue weighted by Crippen LogP contribution is -2.48. The van der Waals surface area contributed by atoms with Crippen molar-refractivity contribution in [1.29, 1.82) is 0 Å². The first-order valence-electron chi connectivity index (χ1n) is 6.17. The van der Waals surface area contributed by atoms with Gasteiger partial charge in [-0.2, -0.15) is 0 Å². The highest BCUT2D eigenvalue weighted by Gasteiger charge is 2.20. The number of rotatable bonds is 3. The number of nitrogens with zero attached hydrogens (tertiary/aromatic N) is 1. The van der Waals surface area contributed by atoms with Crippen molar-refractivity contribution in [3.05, 3.63) is 62.3 Å². The summed E-state index contributed by atoms with van der Waals surface area (Å²) in [6.07, 6.45) is 0. The Hall–Kier alpha value is -2.85. The van der Waals surface area contributed by atoms with Gasteiger partial charge in [0.1, 0.15) is 5.56 Å². The number of carbonyl (C=O) groups excluding carboxylic acids is 2. The van der Waals surface area contributed by atoms with E-state index in [9.17, 15) is 19.7 Å². The summed E-state index contributed by atoms with van der Waals surface area (Å²) in [5.74, 6) is -1.16. The lowest BCUT2D eigenvalue weighted by atomic mass is 10.1. The van der Waals surface area contributed by atoms with Gasteiger partial charge in [-0.1, -0.05) is 18.2 Å². The maximum absolute atomic E-state index is 12.0. The molecule has 0 aliphatic heterocycles. The molecular formula is C13H10N4O4S2. The molecule has 2 aromatic rings. The van der Waals surface area contributed by atoms with Crippen molar-refractivity contribution >= 4 is 46.2 Å². The van der Waals surface area contributed by atoms with Crippen LogP contribution in [0.4, 0.5) is 5.69 Å². The van der Waals surface area contributed by atoms with E-state index in [1.165, 1.54) is 35.6 Å². The molecule has 0 aliphatic rings. The molecule has 10 heteroatoms. The highest BCUT2D eigenvalue weighted by molar-refractivity contribution is 7.80. The fourth-order valence-corrected chi connectivity index (χ4v) is 2.37. The zero-order chi connectivity index (χ0) is 16.8. The van der Waals surface area contributed by atoms with Gasteiger partial charge in [0, 0.05) is 6.07 Å². The van der Waals surface area contributed by atoms with Crippen LogP contribution < -0.4 is 16.2 Å². The number of benzene rings is 1. The standard InChI is InChI=1S/C13H10N4O4S2/c18-11(8-4-1-2-5-9(8)17(20)21)14-13(22)16-15-12(19)10-6-3-7-23-10/h1-7H,(H,15,19)(H2,14,16,18,22). The van der Waals surface area contributed by atoms with E-state index < -0.39 is 16.7 Å². The van der Waals surface area contributed by atoms with E-state index in [0.29, 0.717) is 4.88 Å². The molecule has 2 rings (SSSR count). The third-order valence-electron chi connectivity index (χ3n) is 2.61. The van der Waals surface area contributed by atoms with E-state index >= 15 is 0 Å². The first-order valence-corrected chi connectivity index (χ1v) is 7.46. The van der Waals surface area contributed by atoms with Gasteiger partial charge in [-0.15, -0.1) is 11.3 Å². The van der Waals surface area contributed by atoms with Crippen LogP contribution in [0.1, 0.15) is 20.0 Å². The maximum atomic E-state index is 12.0. The third-order valence-corrected chi connectivity index (χ3v) is 3.68. The van der Waals surface area contributed by atoms with E-state index in [1.54, 1.807) is 17.5 Å². The van der Waals surface area contributed by atoms with Crippen LogP contribution in [0.25, 0.3) is 0 Å². The van der Waals surface area contributed by atoms with Crippen molar-refractivity contribution in [2.45, 2.75) is 0 Å². The molecule has 1 aromatic carbocycles. The number of thiophene rings is 1. The number of hydrazine groups is 1. The number of nitro groups is 1. The van der Waals surface area contributed by atoms with Gasteiger partial charge < -0.3 is 0 Å². The largest absolute Gasteiger partial charge is 0.297 e. The van der Waals surface area contributed by atoms with Crippen molar-refractivity contribution in [2.75, 3.05) is 0 Å². The van der Waals surface area contributed by atoms with E-state index in [0.717, 1.165) is 0 Å². The Kier molecular flexibility index (Phi) is 5.33. The Bertz CT molecular complexity index is 761. The fourth-order valence-electron chi connectivity index (χ4n) is 1.61. The van der Waals surface area contributed by atoms with Crippen LogP contribution >= 0.6 is 23.6 Å². The molecule has 0 atom stereocenters. The SMILES string of the molecule is O=C(NNC(=S)NC(=O)c1ccccc1[N+](=O)[O-])c1cccs1. The molecule has 0 aliphatic carbocycles. The molecule has 1 heterocycles. The number of para-hydroxylation sites is 1. The van der Waals surface area contributed by atoms with Crippen LogP contribution in [0.5, 0.6) is 0 Å². The summed E-state index contributed by atoms with van der Waals surface area (Å²) in [7, 11) is 0. The van der Waals surface area contributed by atoms with Crippen molar-refractivity contribution in [3.63, 3.8) is 0 Å². The van der Waals surface area contributed by atoms with Gasteiger partial charge in [-0.05, 0) is 29.7 Å². The monoisotopic (exact) mass is 350 g/mol. The number of amides is 2. The maximum Gasteiger partial charge on any atom is 0.282 e. The Morgan fingerprint density at radius 3 is 2.48 bits per heavy atom. The minimum Gasteiger partial charge on any atom is -0.297 e. The summed E-state index contributed by atoms with van der Waals surface area (Å²) >= 11 is 6.10. The number of hydrogen-bond donors (Lipinski definition) is 3. The molecule has 3 N–H and O–H groups in total. The molecule has 118 valence electrons. The van der Waals surface area contributed by atoms with E-state index in [-0.39, 0.29) is 16.4 Å². The predicted molar refractivity (Wildman–Crippen MR) is 88.1 cm³/mol. The molecule has 23 heavy (non-hydrogen) atoms. The van der Waals surface area contributed by atoms with Crippen LogP contribution in [0.2, 0.25) is 0 Å². The van der Waals surface area contributed by atoms with Crippen LogP contribution in [-0.4, -0.2) is 21.9 Å². The van der Waals surface area contributed by atoms with Gasteiger partial charge in [-0.25, -0.2) is 0 Å². The lowest BCUT2D eigenvalue weighted by molar-refractivity contribution is -0.385. The van der Waals surface area contributed by atoms with Crippen molar-refractivity contribution in [2.24, 2.45) is 0 Å². The second-order valence-corrected chi connectivity index (χ2v) is 5.47. The molecule has 0 saturated carbocycles. The Morgan fingerprint density at radius 1 is 1.09 bits per heavy atom. The zero-order valence-electron chi connectivity index (χ0n) is 11.4. The number of carbonyl (C=O) groups is 2. The van der Waals surface area contributed by atoms with E-state index in [4.69, 9.17) is 12.2 Å². The highest BCUT2D eigenvalue weighted by atomic mass is 32.1. The summed E-state index contributed by atoms with van der Waals surface area (Å²) < 4.78 is 0. The van der Waals surface area contributed by atoms with E-state index in [2.05, 4.69) is 16.2 Å². The summed E-state index contributed by atoms with van der Waals surface area (Å²) in [4.78, 5) is 34.4. The Balaban J connectivity index is 1.94. The Labute approximate surface area is 139 Å². The number of hydrogen-bond acceptors (Lipinski definition) is 6. The van der Waals surface area contributed by atoms with Crippen molar-refractivity contribution in [3.8, 4) is 0 Å². The number of nitro benzene ring substituents is 1. The molecule has 8 nitrogen and oxygen atoms in total. The molecule has 0 fully saturated rings. The normalized spacial score (nSPS) is 9.74. The number of thiocarbonyl (C=S) groups is 1. The lowest BCUT2D eigenvalue weighted by Gasteiger charge is -2.10. The van der Waals surface area contributed by atoms with E-state index in [1.807, 2.05) is 0 Å². The van der Waals surface area contributed by atoms with Crippen molar-refractivity contribution < 1.29 is 14.5 Å². The van der Waals surface area contributed by atoms with Gasteiger partial charge in [0.05, 0.1) is 9.80 Å². The zero-order valence-corrected chi connectivity index (χ0v) is 13.1. The van der Waals surface area contributed by atoms with Crippen LogP contribution in [0, 0.1) is 10.1 Å². The van der Waals surface area contributed by atoms with Crippen molar-refractivity contribution in [1.82, 2.24) is 16.2 Å². The van der Waals surface area contributed by atoms with Crippen LogP contribution in [-0.2, 0) is 0 Å². The summed E-state index contributed by atoms with van der Waals surface area (Å²) in [6, 6.07) is 8.80. The molecule has 0 spiro atoms. The first-order chi connectivity index (χ1) is 11.0. The predicted octanol–water partition coefficient (Wildman–Crippen LogP) is 1.61. The van der Waals surface area contributed by atoms with Crippen LogP contribution in [0.3, 0.4) is 0 Å². The molecule has 0 bridgehead atoms. The van der Waals surface area contributed by atoms with Gasteiger partial charge in [-0.3, -0.25) is 35.9 Å². The van der Waals surface area contributed by atoms with Gasteiger partial charge in [0.25, 0.3) is 17.5 Å². The average molecular weight is 350 g/mol. The topological polar surface area (TPSA) is 113 Å². The average Bonchev–Trinajstić information content (AvgIpc) is 3.07. The highest BCUT2D eigenvalue weighted by Crippen LogP contribution is 2.17. The molecule has 0 radical (unpaired) electrons. The van der Waals surface area contributed by atoms with Gasteiger partial charge in [0.2, 0.25) is 0 Å².